The monoisotopic (exact) mass is 207 g/mol. The maximum atomic E-state index is 5.87. The van der Waals surface area contributed by atoms with Crippen LogP contribution in [0.15, 0.2) is 5.51 Å². The van der Waals surface area contributed by atoms with E-state index >= 15 is 0 Å². The smallest absolute Gasteiger partial charge is 0.205 e. The summed E-state index contributed by atoms with van der Waals surface area (Å²) in [4.78, 5) is 0. The van der Waals surface area contributed by atoms with Crippen LogP contribution >= 0.6 is 22.9 Å². The van der Waals surface area contributed by atoms with Crippen LogP contribution in [0, 0.1) is 0 Å². The van der Waals surface area contributed by atoms with E-state index < -0.39 is 0 Å². The SMILES string of the molecule is COCC(Cl)CNc1nncs1. The molecule has 0 aliphatic carbocycles. The molecule has 1 unspecified atom stereocenters. The fourth-order valence-electron chi connectivity index (χ4n) is 0.688. The van der Waals surface area contributed by atoms with Gasteiger partial charge in [0.05, 0.1) is 12.0 Å². The number of rotatable bonds is 5. The normalized spacial score (nSPS) is 12.8. The van der Waals surface area contributed by atoms with Gasteiger partial charge in [0.2, 0.25) is 5.13 Å². The molecule has 0 spiro atoms. The van der Waals surface area contributed by atoms with Gasteiger partial charge < -0.3 is 10.1 Å². The molecule has 68 valence electrons. The number of ether oxygens (including phenoxy) is 1. The van der Waals surface area contributed by atoms with Gasteiger partial charge in [-0.1, -0.05) is 11.3 Å². The number of nitrogens with zero attached hydrogens (tertiary/aromatic N) is 2. The molecular formula is C6H10ClN3OS. The molecule has 6 heteroatoms. The lowest BCUT2D eigenvalue weighted by atomic mass is 10.4. The molecule has 0 aliphatic heterocycles. The molecule has 1 aromatic rings. The lowest BCUT2D eigenvalue weighted by Gasteiger charge is -2.07. The summed E-state index contributed by atoms with van der Waals surface area (Å²) < 4.78 is 4.87. The van der Waals surface area contributed by atoms with E-state index in [9.17, 15) is 0 Å². The zero-order valence-corrected chi connectivity index (χ0v) is 8.23. The summed E-state index contributed by atoms with van der Waals surface area (Å²) in [6.45, 7) is 1.18. The van der Waals surface area contributed by atoms with Crippen LogP contribution in [0.4, 0.5) is 5.13 Å². The molecule has 1 N–H and O–H groups in total. The van der Waals surface area contributed by atoms with E-state index in [-0.39, 0.29) is 5.38 Å². The third kappa shape index (κ3) is 3.34. The number of hydrogen-bond donors (Lipinski definition) is 1. The van der Waals surface area contributed by atoms with Gasteiger partial charge in [0.1, 0.15) is 5.51 Å². The Morgan fingerprint density at radius 1 is 1.83 bits per heavy atom. The van der Waals surface area contributed by atoms with E-state index in [1.807, 2.05) is 0 Å². The van der Waals surface area contributed by atoms with Crippen molar-refractivity contribution in [2.45, 2.75) is 5.38 Å². The van der Waals surface area contributed by atoms with Gasteiger partial charge in [-0.05, 0) is 0 Å². The lowest BCUT2D eigenvalue weighted by molar-refractivity contribution is 0.200. The van der Waals surface area contributed by atoms with Gasteiger partial charge in [-0.2, -0.15) is 0 Å². The largest absolute Gasteiger partial charge is 0.383 e. The highest BCUT2D eigenvalue weighted by atomic mass is 35.5. The zero-order valence-electron chi connectivity index (χ0n) is 6.66. The highest BCUT2D eigenvalue weighted by molar-refractivity contribution is 7.13. The maximum absolute atomic E-state index is 5.87. The molecule has 0 fully saturated rings. The van der Waals surface area contributed by atoms with Gasteiger partial charge in [-0.25, -0.2) is 0 Å². The molecule has 0 amide bonds. The standard InChI is InChI=1S/C6H10ClN3OS/c1-11-3-5(7)2-8-6-10-9-4-12-6/h4-5H,2-3H2,1H3,(H,8,10). The molecule has 0 radical (unpaired) electrons. The summed E-state index contributed by atoms with van der Waals surface area (Å²) >= 11 is 7.32. The number of halogens is 1. The predicted molar refractivity (Wildman–Crippen MR) is 49.9 cm³/mol. The second-order valence-corrected chi connectivity index (χ2v) is 3.63. The molecule has 0 aliphatic rings. The van der Waals surface area contributed by atoms with Crippen molar-refractivity contribution in [2.75, 3.05) is 25.6 Å². The van der Waals surface area contributed by atoms with Crippen LogP contribution in [0.3, 0.4) is 0 Å². The maximum Gasteiger partial charge on any atom is 0.205 e. The summed E-state index contributed by atoms with van der Waals surface area (Å²) in [6.07, 6.45) is 0. The van der Waals surface area contributed by atoms with Crippen molar-refractivity contribution in [3.05, 3.63) is 5.51 Å². The molecule has 1 aromatic heterocycles. The molecule has 0 aromatic carbocycles. The Hall–Kier alpha value is -0.390. The van der Waals surface area contributed by atoms with Crippen molar-refractivity contribution < 1.29 is 4.74 Å². The minimum atomic E-state index is -0.0288. The van der Waals surface area contributed by atoms with E-state index in [1.54, 1.807) is 12.6 Å². The highest BCUT2D eigenvalue weighted by Gasteiger charge is 2.03. The van der Waals surface area contributed by atoms with Crippen LogP contribution in [0.25, 0.3) is 0 Å². The lowest BCUT2D eigenvalue weighted by Crippen LogP contribution is -2.18. The molecular weight excluding hydrogens is 198 g/mol. The number of nitrogens with one attached hydrogen (secondary N) is 1. The zero-order chi connectivity index (χ0) is 8.81. The van der Waals surface area contributed by atoms with Crippen molar-refractivity contribution in [3.8, 4) is 0 Å². The van der Waals surface area contributed by atoms with E-state index in [4.69, 9.17) is 16.3 Å². The average Bonchev–Trinajstić information content (AvgIpc) is 2.53. The van der Waals surface area contributed by atoms with Gasteiger partial charge >= 0.3 is 0 Å². The third-order valence-electron chi connectivity index (χ3n) is 1.18. The predicted octanol–water partition coefficient (Wildman–Crippen LogP) is 1.20. The van der Waals surface area contributed by atoms with E-state index in [0.29, 0.717) is 13.2 Å². The molecule has 0 bridgehead atoms. The minimum absolute atomic E-state index is 0.0288. The molecule has 0 saturated heterocycles. The summed E-state index contributed by atoms with van der Waals surface area (Å²) in [7, 11) is 1.63. The summed E-state index contributed by atoms with van der Waals surface area (Å²) in [5.74, 6) is 0. The summed E-state index contributed by atoms with van der Waals surface area (Å²) in [6, 6.07) is 0. The van der Waals surface area contributed by atoms with Crippen LogP contribution in [-0.4, -0.2) is 35.8 Å². The Bertz CT molecular complexity index is 207. The van der Waals surface area contributed by atoms with Crippen LogP contribution in [-0.2, 0) is 4.74 Å². The quantitative estimate of drug-likeness (QED) is 0.738. The molecule has 1 rings (SSSR count). The fraction of sp³-hybridized carbons (Fsp3) is 0.667. The van der Waals surface area contributed by atoms with E-state index in [0.717, 1.165) is 5.13 Å². The Morgan fingerprint density at radius 3 is 3.25 bits per heavy atom. The molecule has 12 heavy (non-hydrogen) atoms. The van der Waals surface area contributed by atoms with Crippen LogP contribution in [0.1, 0.15) is 0 Å². The van der Waals surface area contributed by atoms with Crippen molar-refractivity contribution in [3.63, 3.8) is 0 Å². The first kappa shape index (κ1) is 9.70. The highest BCUT2D eigenvalue weighted by Crippen LogP contribution is 2.08. The van der Waals surface area contributed by atoms with Crippen molar-refractivity contribution in [1.29, 1.82) is 0 Å². The Morgan fingerprint density at radius 2 is 2.67 bits per heavy atom. The van der Waals surface area contributed by atoms with Crippen molar-refractivity contribution in [1.82, 2.24) is 10.2 Å². The Labute approximate surface area is 79.9 Å². The summed E-state index contributed by atoms with van der Waals surface area (Å²) in [5, 5.41) is 11.3. The first-order valence-electron chi connectivity index (χ1n) is 3.46. The van der Waals surface area contributed by atoms with Crippen LogP contribution in [0.2, 0.25) is 0 Å². The van der Waals surface area contributed by atoms with Gasteiger partial charge in [0.25, 0.3) is 0 Å². The van der Waals surface area contributed by atoms with E-state index in [2.05, 4.69) is 15.5 Å². The van der Waals surface area contributed by atoms with Gasteiger partial charge in [-0.15, -0.1) is 21.8 Å². The second-order valence-electron chi connectivity index (χ2n) is 2.18. The Balaban J connectivity index is 2.17. The van der Waals surface area contributed by atoms with Crippen LogP contribution < -0.4 is 5.32 Å². The Kier molecular flexibility index (Phi) is 4.27. The number of hydrogen-bond acceptors (Lipinski definition) is 5. The molecule has 4 nitrogen and oxygen atoms in total. The first-order valence-corrected chi connectivity index (χ1v) is 4.77. The summed E-state index contributed by atoms with van der Waals surface area (Å²) in [5.41, 5.74) is 1.67. The minimum Gasteiger partial charge on any atom is -0.383 e. The first-order chi connectivity index (χ1) is 5.83. The van der Waals surface area contributed by atoms with Gasteiger partial charge in [0, 0.05) is 13.7 Å². The van der Waals surface area contributed by atoms with Crippen LogP contribution in [0.5, 0.6) is 0 Å². The van der Waals surface area contributed by atoms with E-state index in [1.165, 1.54) is 11.3 Å². The van der Waals surface area contributed by atoms with Gasteiger partial charge in [0.15, 0.2) is 0 Å². The molecule has 0 saturated carbocycles. The van der Waals surface area contributed by atoms with Gasteiger partial charge in [-0.3, -0.25) is 0 Å². The average molecular weight is 208 g/mol. The van der Waals surface area contributed by atoms with Crippen molar-refractivity contribution in [2.24, 2.45) is 0 Å². The molecule has 1 atom stereocenters. The topological polar surface area (TPSA) is 47.0 Å². The second kappa shape index (κ2) is 5.29. The molecule has 1 heterocycles. The number of anilines is 1. The fourth-order valence-corrected chi connectivity index (χ4v) is 1.35. The third-order valence-corrected chi connectivity index (χ3v) is 2.11. The number of aromatic nitrogens is 2. The number of methoxy groups -OCH3 is 1. The van der Waals surface area contributed by atoms with Crippen molar-refractivity contribution >= 4 is 28.1 Å². The number of alkyl halides is 1.